The summed E-state index contributed by atoms with van der Waals surface area (Å²) in [6.07, 6.45) is 3.66. The first kappa shape index (κ1) is 13.1. The molecule has 0 spiro atoms. The lowest BCUT2D eigenvalue weighted by atomic mass is 9.83. The third-order valence-corrected chi connectivity index (χ3v) is 5.57. The Morgan fingerprint density at radius 2 is 2.21 bits per heavy atom. The fourth-order valence-electron chi connectivity index (χ4n) is 3.27. The minimum Gasteiger partial charge on any atom is -0.312 e. The molecule has 1 N–H and O–H groups in total. The van der Waals surface area contributed by atoms with E-state index < -0.39 is 0 Å². The standard InChI is InChI=1S/C17H23NS/c1-4-12-6-5-7-15-14(12)10-16(19-15)13-8-9-18-17(2,3)11-13/h5-7,10,13,18H,4,8-9,11H2,1-3H3. The first-order valence-electron chi connectivity index (χ1n) is 7.35. The van der Waals surface area contributed by atoms with Crippen LogP contribution < -0.4 is 5.32 Å². The molecule has 0 bridgehead atoms. The molecule has 2 heteroatoms. The zero-order valence-corrected chi connectivity index (χ0v) is 12.9. The molecule has 0 aliphatic carbocycles. The van der Waals surface area contributed by atoms with Crippen molar-refractivity contribution in [3.8, 4) is 0 Å². The largest absolute Gasteiger partial charge is 0.312 e. The second kappa shape index (κ2) is 4.92. The Bertz CT molecular complexity index is 582. The van der Waals surface area contributed by atoms with Gasteiger partial charge in [-0.2, -0.15) is 0 Å². The molecule has 1 aromatic heterocycles. The highest BCUT2D eigenvalue weighted by Crippen LogP contribution is 2.39. The summed E-state index contributed by atoms with van der Waals surface area (Å²) in [5.41, 5.74) is 1.78. The van der Waals surface area contributed by atoms with Crippen LogP contribution in [0.15, 0.2) is 24.3 Å². The van der Waals surface area contributed by atoms with Gasteiger partial charge in [0.1, 0.15) is 0 Å². The zero-order valence-electron chi connectivity index (χ0n) is 12.1. The van der Waals surface area contributed by atoms with E-state index in [1.807, 2.05) is 11.3 Å². The maximum absolute atomic E-state index is 3.62. The van der Waals surface area contributed by atoms with Crippen LogP contribution in [-0.4, -0.2) is 12.1 Å². The lowest BCUT2D eigenvalue weighted by Gasteiger charge is -2.36. The molecule has 2 heterocycles. The van der Waals surface area contributed by atoms with Crippen molar-refractivity contribution in [2.45, 2.75) is 51.5 Å². The molecule has 1 atom stereocenters. The van der Waals surface area contributed by atoms with Crippen LogP contribution in [0.25, 0.3) is 10.1 Å². The van der Waals surface area contributed by atoms with Gasteiger partial charge in [0.2, 0.25) is 0 Å². The van der Waals surface area contributed by atoms with Gasteiger partial charge in [-0.3, -0.25) is 0 Å². The summed E-state index contributed by atoms with van der Waals surface area (Å²) in [4.78, 5) is 1.59. The third-order valence-electron chi connectivity index (χ3n) is 4.31. The van der Waals surface area contributed by atoms with Gasteiger partial charge < -0.3 is 5.32 Å². The van der Waals surface area contributed by atoms with Crippen LogP contribution in [0.1, 0.15) is 50.0 Å². The van der Waals surface area contributed by atoms with Crippen LogP contribution in [0.4, 0.5) is 0 Å². The van der Waals surface area contributed by atoms with E-state index in [-0.39, 0.29) is 5.54 Å². The Labute approximate surface area is 120 Å². The molecule has 1 unspecified atom stereocenters. The van der Waals surface area contributed by atoms with Crippen LogP contribution in [-0.2, 0) is 6.42 Å². The van der Waals surface area contributed by atoms with Gasteiger partial charge in [0.15, 0.2) is 0 Å². The molecule has 1 nitrogen and oxygen atoms in total. The Hall–Kier alpha value is -0.860. The molecule has 0 radical (unpaired) electrons. The molecular formula is C17H23NS. The van der Waals surface area contributed by atoms with E-state index in [0.717, 1.165) is 18.9 Å². The second-order valence-corrected chi connectivity index (χ2v) is 7.45. The smallest absolute Gasteiger partial charge is 0.0348 e. The van der Waals surface area contributed by atoms with Gasteiger partial charge in [0.05, 0.1) is 0 Å². The number of nitrogens with one attached hydrogen (secondary N) is 1. The Morgan fingerprint density at radius 3 is 2.95 bits per heavy atom. The predicted octanol–water partition coefficient (Wildman–Crippen LogP) is 4.71. The Balaban J connectivity index is 1.97. The molecule has 19 heavy (non-hydrogen) atoms. The fraction of sp³-hybridized carbons (Fsp3) is 0.529. The molecule has 1 aromatic carbocycles. The number of benzene rings is 1. The van der Waals surface area contributed by atoms with Gasteiger partial charge in [-0.25, -0.2) is 0 Å². The quantitative estimate of drug-likeness (QED) is 0.835. The predicted molar refractivity (Wildman–Crippen MR) is 85.3 cm³/mol. The van der Waals surface area contributed by atoms with Crippen molar-refractivity contribution >= 4 is 21.4 Å². The minimum absolute atomic E-state index is 0.284. The monoisotopic (exact) mass is 273 g/mol. The van der Waals surface area contributed by atoms with Crippen molar-refractivity contribution in [3.05, 3.63) is 34.7 Å². The van der Waals surface area contributed by atoms with Gasteiger partial charge in [-0.05, 0) is 68.7 Å². The van der Waals surface area contributed by atoms with Gasteiger partial charge in [-0.1, -0.05) is 19.1 Å². The average Bonchev–Trinajstić information content (AvgIpc) is 2.81. The maximum Gasteiger partial charge on any atom is 0.0348 e. The van der Waals surface area contributed by atoms with Gasteiger partial charge in [0, 0.05) is 15.1 Å². The van der Waals surface area contributed by atoms with Crippen molar-refractivity contribution in [3.63, 3.8) is 0 Å². The molecule has 1 aliphatic heterocycles. The summed E-state index contributed by atoms with van der Waals surface area (Å²) in [6.45, 7) is 8.04. The normalized spacial score (nSPS) is 22.8. The van der Waals surface area contributed by atoms with Crippen LogP contribution in [0, 0.1) is 0 Å². The van der Waals surface area contributed by atoms with E-state index in [1.54, 1.807) is 4.88 Å². The summed E-state index contributed by atoms with van der Waals surface area (Å²) in [5.74, 6) is 0.735. The summed E-state index contributed by atoms with van der Waals surface area (Å²) in [6, 6.07) is 9.21. The molecule has 1 fully saturated rings. The summed E-state index contributed by atoms with van der Waals surface area (Å²) >= 11 is 2.01. The van der Waals surface area contributed by atoms with E-state index >= 15 is 0 Å². The number of hydrogen-bond donors (Lipinski definition) is 1. The van der Waals surface area contributed by atoms with Crippen molar-refractivity contribution < 1.29 is 0 Å². The lowest BCUT2D eigenvalue weighted by Crippen LogP contribution is -2.45. The second-order valence-electron chi connectivity index (χ2n) is 6.33. The van der Waals surface area contributed by atoms with Crippen molar-refractivity contribution in [1.29, 1.82) is 0 Å². The lowest BCUT2D eigenvalue weighted by molar-refractivity contribution is 0.277. The number of aryl methyl sites for hydroxylation is 1. The summed E-state index contributed by atoms with van der Waals surface area (Å²) < 4.78 is 1.46. The first-order chi connectivity index (χ1) is 9.09. The number of piperidine rings is 1. The highest BCUT2D eigenvalue weighted by atomic mass is 32.1. The zero-order chi connectivity index (χ0) is 13.5. The number of fused-ring (bicyclic) bond motifs is 1. The fourth-order valence-corrected chi connectivity index (χ4v) is 4.51. The van der Waals surface area contributed by atoms with Crippen LogP contribution in [0.2, 0.25) is 0 Å². The van der Waals surface area contributed by atoms with Crippen molar-refractivity contribution in [2.24, 2.45) is 0 Å². The molecule has 0 saturated carbocycles. The molecular weight excluding hydrogens is 250 g/mol. The summed E-state index contributed by atoms with van der Waals surface area (Å²) in [5, 5.41) is 5.11. The van der Waals surface area contributed by atoms with Crippen LogP contribution in [0.5, 0.6) is 0 Å². The Morgan fingerprint density at radius 1 is 1.37 bits per heavy atom. The topological polar surface area (TPSA) is 12.0 Å². The number of rotatable bonds is 2. The highest BCUT2D eigenvalue weighted by molar-refractivity contribution is 7.19. The molecule has 3 rings (SSSR count). The van der Waals surface area contributed by atoms with Gasteiger partial charge in [0.25, 0.3) is 0 Å². The van der Waals surface area contributed by atoms with Gasteiger partial charge in [-0.15, -0.1) is 11.3 Å². The van der Waals surface area contributed by atoms with E-state index in [4.69, 9.17) is 0 Å². The van der Waals surface area contributed by atoms with Crippen molar-refractivity contribution in [1.82, 2.24) is 5.32 Å². The SMILES string of the molecule is CCc1cccc2sc(C3CCNC(C)(C)C3)cc12. The minimum atomic E-state index is 0.284. The highest BCUT2D eigenvalue weighted by Gasteiger charge is 2.29. The van der Waals surface area contributed by atoms with Gasteiger partial charge >= 0.3 is 0 Å². The molecule has 0 amide bonds. The molecule has 2 aromatic rings. The molecule has 1 aliphatic rings. The molecule has 1 saturated heterocycles. The van der Waals surface area contributed by atoms with E-state index in [0.29, 0.717) is 0 Å². The maximum atomic E-state index is 3.62. The average molecular weight is 273 g/mol. The summed E-state index contributed by atoms with van der Waals surface area (Å²) in [7, 11) is 0. The number of thiophene rings is 1. The third kappa shape index (κ3) is 2.56. The Kier molecular flexibility index (Phi) is 3.40. The van der Waals surface area contributed by atoms with E-state index in [2.05, 4.69) is 50.4 Å². The van der Waals surface area contributed by atoms with E-state index in [9.17, 15) is 0 Å². The van der Waals surface area contributed by atoms with Crippen molar-refractivity contribution in [2.75, 3.05) is 6.54 Å². The molecule has 102 valence electrons. The van der Waals surface area contributed by atoms with Crippen LogP contribution >= 0.6 is 11.3 Å². The first-order valence-corrected chi connectivity index (χ1v) is 8.17. The van der Waals surface area contributed by atoms with Crippen LogP contribution in [0.3, 0.4) is 0 Å². The number of hydrogen-bond acceptors (Lipinski definition) is 2. The van der Waals surface area contributed by atoms with E-state index in [1.165, 1.54) is 28.5 Å².